The third-order valence-corrected chi connectivity index (χ3v) is 6.23. The zero-order valence-electron chi connectivity index (χ0n) is 17.1. The quantitative estimate of drug-likeness (QED) is 0.460. The van der Waals surface area contributed by atoms with Crippen molar-refractivity contribution < 1.29 is 9.90 Å². The van der Waals surface area contributed by atoms with E-state index in [4.69, 9.17) is 4.98 Å². The summed E-state index contributed by atoms with van der Waals surface area (Å²) in [7, 11) is 1.82. The molecule has 3 N–H and O–H groups in total. The van der Waals surface area contributed by atoms with Gasteiger partial charge in [-0.15, -0.1) is 0 Å². The number of aliphatic hydroxyl groups is 1. The van der Waals surface area contributed by atoms with Crippen LogP contribution >= 0.6 is 0 Å². The summed E-state index contributed by atoms with van der Waals surface area (Å²) in [5, 5.41) is 21.4. The molecule has 9 nitrogen and oxygen atoms in total. The molecule has 0 aliphatic heterocycles. The fourth-order valence-electron chi connectivity index (χ4n) is 4.28. The van der Waals surface area contributed by atoms with E-state index >= 15 is 0 Å². The minimum atomic E-state index is -0.251. The Bertz CT molecular complexity index is 1310. The van der Waals surface area contributed by atoms with E-state index < -0.39 is 0 Å². The molecule has 6 rings (SSSR count). The maximum absolute atomic E-state index is 12.7. The van der Waals surface area contributed by atoms with E-state index in [0.717, 1.165) is 53.8 Å². The molecule has 158 valence electrons. The van der Waals surface area contributed by atoms with Crippen LogP contribution in [0.15, 0.2) is 36.8 Å². The van der Waals surface area contributed by atoms with Crippen LogP contribution in [0.1, 0.15) is 42.1 Å². The highest BCUT2D eigenvalue weighted by Gasteiger charge is 2.31. The van der Waals surface area contributed by atoms with Crippen LogP contribution in [-0.4, -0.2) is 54.4 Å². The van der Waals surface area contributed by atoms with E-state index in [0.29, 0.717) is 11.2 Å². The Morgan fingerprint density at radius 3 is 2.84 bits per heavy atom. The van der Waals surface area contributed by atoms with Crippen LogP contribution in [-0.2, 0) is 0 Å². The van der Waals surface area contributed by atoms with Crippen molar-refractivity contribution in [1.82, 2.24) is 29.5 Å². The summed E-state index contributed by atoms with van der Waals surface area (Å²) in [5.41, 5.74) is 3.55. The maximum Gasteiger partial charge on any atom is 0.256 e. The Morgan fingerprint density at radius 2 is 2.10 bits per heavy atom. The molecular weight excluding hydrogens is 394 g/mol. The van der Waals surface area contributed by atoms with Crippen LogP contribution in [0.5, 0.6) is 0 Å². The molecular formula is C22H23N7O2. The fourth-order valence-corrected chi connectivity index (χ4v) is 4.28. The summed E-state index contributed by atoms with van der Waals surface area (Å²) < 4.78 is 3.80. The van der Waals surface area contributed by atoms with Crippen molar-refractivity contribution in [2.45, 2.75) is 43.9 Å². The number of carbonyl (C=O) groups is 1. The molecule has 0 aromatic carbocycles. The second kappa shape index (κ2) is 6.78. The second-order valence-corrected chi connectivity index (χ2v) is 8.42. The predicted molar refractivity (Wildman–Crippen MR) is 116 cm³/mol. The van der Waals surface area contributed by atoms with Gasteiger partial charge in [-0.2, -0.15) is 9.61 Å². The van der Waals surface area contributed by atoms with E-state index in [9.17, 15) is 9.90 Å². The van der Waals surface area contributed by atoms with E-state index in [-0.39, 0.29) is 24.1 Å². The molecule has 0 spiro atoms. The Kier molecular flexibility index (Phi) is 4.01. The average molecular weight is 417 g/mol. The number of anilines is 1. The van der Waals surface area contributed by atoms with Crippen molar-refractivity contribution in [2.75, 3.05) is 12.4 Å². The van der Waals surface area contributed by atoms with Gasteiger partial charge in [0.05, 0.1) is 18.0 Å². The SMILES string of the molecule is CNc1cc(-c2cn([C@H]3C[C@@H](O)C3)c3ncccc23)nc2c(C(=O)NC3CC3)cnn12. The molecule has 0 bridgehead atoms. The molecule has 0 atom stereocenters. The maximum atomic E-state index is 12.7. The van der Waals surface area contributed by atoms with Gasteiger partial charge in [-0.1, -0.05) is 0 Å². The van der Waals surface area contributed by atoms with Crippen molar-refractivity contribution in [2.24, 2.45) is 0 Å². The van der Waals surface area contributed by atoms with Gasteiger partial charge in [0.1, 0.15) is 17.0 Å². The standard InChI is InChI=1S/C22H23N7O2/c1-23-19-9-18(27-21-16(10-25-29(19)21)22(31)26-12-4-5-12)17-11-28(13-7-14(30)8-13)20-15(17)3-2-6-24-20/h2-3,6,9-14,23,30H,4-5,7-8H2,1H3,(H,26,31)/t13-,14+. The first-order chi connectivity index (χ1) is 15.1. The smallest absolute Gasteiger partial charge is 0.256 e. The lowest BCUT2D eigenvalue weighted by Gasteiger charge is -2.32. The highest BCUT2D eigenvalue weighted by Crippen LogP contribution is 2.38. The highest BCUT2D eigenvalue weighted by atomic mass is 16.3. The molecule has 0 saturated heterocycles. The van der Waals surface area contributed by atoms with Crippen molar-refractivity contribution in [3.05, 3.63) is 42.4 Å². The van der Waals surface area contributed by atoms with Gasteiger partial charge in [0.2, 0.25) is 0 Å². The molecule has 2 aliphatic carbocycles. The molecule has 4 aromatic heterocycles. The summed E-state index contributed by atoms with van der Waals surface area (Å²) >= 11 is 0. The number of amides is 1. The summed E-state index contributed by atoms with van der Waals surface area (Å²) in [5.74, 6) is 0.603. The van der Waals surface area contributed by atoms with E-state index in [1.807, 2.05) is 25.2 Å². The third kappa shape index (κ3) is 2.96. The minimum absolute atomic E-state index is 0.142. The molecule has 4 heterocycles. The zero-order chi connectivity index (χ0) is 21.1. The fraction of sp³-hybridized carbons (Fsp3) is 0.364. The molecule has 0 radical (unpaired) electrons. The molecule has 0 unspecified atom stereocenters. The number of aromatic nitrogens is 5. The second-order valence-electron chi connectivity index (χ2n) is 8.42. The number of rotatable bonds is 5. The predicted octanol–water partition coefficient (Wildman–Crippen LogP) is 2.38. The lowest BCUT2D eigenvalue weighted by atomic mass is 9.89. The molecule has 2 aliphatic rings. The number of pyridine rings is 1. The van der Waals surface area contributed by atoms with Gasteiger partial charge in [0, 0.05) is 48.5 Å². The van der Waals surface area contributed by atoms with E-state index in [1.54, 1.807) is 16.9 Å². The topological polar surface area (TPSA) is 109 Å². The zero-order valence-corrected chi connectivity index (χ0v) is 17.1. The van der Waals surface area contributed by atoms with Gasteiger partial charge >= 0.3 is 0 Å². The number of hydrogen-bond donors (Lipinski definition) is 3. The number of nitrogens with zero attached hydrogens (tertiary/aromatic N) is 5. The Hall–Kier alpha value is -3.46. The van der Waals surface area contributed by atoms with Crippen molar-refractivity contribution in [3.8, 4) is 11.3 Å². The monoisotopic (exact) mass is 417 g/mol. The van der Waals surface area contributed by atoms with Gasteiger partial charge < -0.3 is 20.3 Å². The number of carbonyl (C=O) groups excluding carboxylic acids is 1. The molecule has 1 amide bonds. The van der Waals surface area contributed by atoms with E-state index in [1.165, 1.54) is 0 Å². The van der Waals surface area contributed by atoms with Gasteiger partial charge in [-0.25, -0.2) is 9.97 Å². The van der Waals surface area contributed by atoms with Gasteiger partial charge in [-0.05, 0) is 37.8 Å². The molecule has 4 aromatic rings. The third-order valence-electron chi connectivity index (χ3n) is 6.23. The normalized spacial score (nSPS) is 20.7. The van der Waals surface area contributed by atoms with Crippen LogP contribution in [0.2, 0.25) is 0 Å². The first-order valence-electron chi connectivity index (χ1n) is 10.6. The number of aliphatic hydroxyl groups excluding tert-OH is 1. The average Bonchev–Trinajstić information content (AvgIpc) is 3.33. The molecule has 9 heteroatoms. The number of hydrogen-bond acceptors (Lipinski definition) is 6. The summed E-state index contributed by atoms with van der Waals surface area (Å²) in [6.07, 6.45) is 8.66. The minimum Gasteiger partial charge on any atom is -0.393 e. The van der Waals surface area contributed by atoms with Gasteiger partial charge in [-0.3, -0.25) is 4.79 Å². The molecule has 2 fully saturated rings. The van der Waals surface area contributed by atoms with Crippen molar-refractivity contribution in [3.63, 3.8) is 0 Å². The van der Waals surface area contributed by atoms with Gasteiger partial charge in [0.15, 0.2) is 5.65 Å². The lowest BCUT2D eigenvalue weighted by Crippen LogP contribution is -2.30. The van der Waals surface area contributed by atoms with Crippen molar-refractivity contribution >= 4 is 28.4 Å². The summed E-state index contributed by atoms with van der Waals surface area (Å²) in [4.78, 5) is 22.2. The lowest BCUT2D eigenvalue weighted by molar-refractivity contribution is 0.0501. The van der Waals surface area contributed by atoms with Crippen LogP contribution < -0.4 is 10.6 Å². The molecule has 31 heavy (non-hydrogen) atoms. The Labute approximate surface area is 178 Å². The largest absolute Gasteiger partial charge is 0.393 e. The van der Waals surface area contributed by atoms with Crippen LogP contribution in [0.3, 0.4) is 0 Å². The first-order valence-corrected chi connectivity index (χ1v) is 10.6. The van der Waals surface area contributed by atoms with Gasteiger partial charge in [0.25, 0.3) is 5.91 Å². The van der Waals surface area contributed by atoms with Crippen molar-refractivity contribution in [1.29, 1.82) is 0 Å². The Morgan fingerprint density at radius 1 is 1.26 bits per heavy atom. The van der Waals surface area contributed by atoms with Crippen LogP contribution in [0.4, 0.5) is 5.82 Å². The van der Waals surface area contributed by atoms with E-state index in [2.05, 4.69) is 31.5 Å². The first kappa shape index (κ1) is 18.3. The molecule has 2 saturated carbocycles. The summed E-state index contributed by atoms with van der Waals surface area (Å²) in [6.45, 7) is 0. The summed E-state index contributed by atoms with van der Waals surface area (Å²) in [6, 6.07) is 6.37. The number of nitrogens with one attached hydrogen (secondary N) is 2. The number of fused-ring (bicyclic) bond motifs is 2. The van der Waals surface area contributed by atoms with Crippen LogP contribution in [0.25, 0.3) is 27.9 Å². The highest BCUT2D eigenvalue weighted by molar-refractivity contribution is 6.01. The Balaban J connectivity index is 1.51. The van der Waals surface area contributed by atoms with Crippen LogP contribution in [0, 0.1) is 0 Å².